The summed E-state index contributed by atoms with van der Waals surface area (Å²) < 4.78 is 24.3. The van der Waals surface area contributed by atoms with E-state index in [1.807, 2.05) is 6.92 Å². The van der Waals surface area contributed by atoms with Gasteiger partial charge in [0.15, 0.2) is 12.4 Å². The van der Waals surface area contributed by atoms with Gasteiger partial charge in [0.05, 0.1) is 18.8 Å². The summed E-state index contributed by atoms with van der Waals surface area (Å²) in [5.41, 5.74) is 0.0788. The van der Waals surface area contributed by atoms with Crippen LogP contribution < -0.4 is 5.32 Å². The summed E-state index contributed by atoms with van der Waals surface area (Å²) in [5.74, 6) is 0.111. The van der Waals surface area contributed by atoms with Gasteiger partial charge in [0.25, 0.3) is 0 Å². The monoisotopic (exact) mass is 442 g/mol. The SMILES string of the molecule is COC1CC(O[C@@H]([C@@H](C)C(C)(C)C)C(C)(C)C)OC(C)C1OC(=O)CN1CCNCC1. The van der Waals surface area contributed by atoms with Gasteiger partial charge in [0, 0.05) is 39.7 Å². The number of carbonyl (C=O) groups is 1. The first-order chi connectivity index (χ1) is 14.3. The largest absolute Gasteiger partial charge is 0.456 e. The second kappa shape index (κ2) is 10.9. The number of nitrogens with one attached hydrogen (secondary N) is 1. The van der Waals surface area contributed by atoms with Crippen LogP contribution in [0.15, 0.2) is 0 Å². The molecule has 0 aromatic heterocycles. The summed E-state index contributed by atoms with van der Waals surface area (Å²) in [7, 11) is 1.66. The number of esters is 1. The quantitative estimate of drug-likeness (QED) is 0.608. The van der Waals surface area contributed by atoms with Gasteiger partial charge in [-0.3, -0.25) is 9.69 Å². The van der Waals surface area contributed by atoms with Crippen LogP contribution in [0.2, 0.25) is 0 Å². The topological polar surface area (TPSA) is 69.3 Å². The lowest BCUT2D eigenvalue weighted by Gasteiger charge is -2.46. The van der Waals surface area contributed by atoms with Crippen molar-refractivity contribution < 1.29 is 23.7 Å². The third-order valence-corrected chi connectivity index (χ3v) is 6.72. The van der Waals surface area contributed by atoms with Crippen molar-refractivity contribution in [1.29, 1.82) is 0 Å². The first kappa shape index (κ1) is 26.5. The maximum absolute atomic E-state index is 12.6. The summed E-state index contributed by atoms with van der Waals surface area (Å²) >= 11 is 0. The molecular formula is C24H46N2O5. The molecule has 0 saturated carbocycles. The molecule has 0 radical (unpaired) electrons. The van der Waals surface area contributed by atoms with Crippen LogP contribution >= 0.6 is 0 Å². The van der Waals surface area contributed by atoms with Crippen molar-refractivity contribution in [3.63, 3.8) is 0 Å². The normalized spacial score (nSPS) is 30.6. The Morgan fingerprint density at radius 1 is 1.13 bits per heavy atom. The third kappa shape index (κ3) is 7.67. The van der Waals surface area contributed by atoms with Gasteiger partial charge in [-0.2, -0.15) is 0 Å². The lowest BCUT2D eigenvalue weighted by molar-refractivity contribution is -0.284. The van der Waals surface area contributed by atoms with Gasteiger partial charge in [-0.15, -0.1) is 0 Å². The molecule has 0 bridgehead atoms. The number of rotatable bonds is 7. The summed E-state index contributed by atoms with van der Waals surface area (Å²) in [4.78, 5) is 14.7. The zero-order chi connectivity index (χ0) is 23.4. The molecule has 2 saturated heterocycles. The predicted molar refractivity (Wildman–Crippen MR) is 122 cm³/mol. The minimum absolute atomic E-state index is 0.0222. The van der Waals surface area contributed by atoms with Gasteiger partial charge in [-0.1, -0.05) is 48.5 Å². The van der Waals surface area contributed by atoms with E-state index in [4.69, 9.17) is 18.9 Å². The highest BCUT2D eigenvalue weighted by Gasteiger charge is 2.44. The van der Waals surface area contributed by atoms with Crippen molar-refractivity contribution in [2.75, 3.05) is 39.8 Å². The van der Waals surface area contributed by atoms with Crippen LogP contribution in [0.3, 0.4) is 0 Å². The number of nitrogens with zero attached hydrogens (tertiary/aromatic N) is 1. The Balaban J connectivity index is 2.00. The van der Waals surface area contributed by atoms with Gasteiger partial charge in [-0.05, 0) is 23.7 Å². The minimum atomic E-state index is -0.437. The van der Waals surface area contributed by atoms with Crippen LogP contribution in [0.25, 0.3) is 0 Å². The van der Waals surface area contributed by atoms with E-state index in [-0.39, 0.29) is 35.1 Å². The molecule has 2 aliphatic rings. The fourth-order valence-electron chi connectivity index (χ4n) is 4.42. The summed E-state index contributed by atoms with van der Waals surface area (Å²) in [5, 5.41) is 3.29. The number of hydrogen-bond donors (Lipinski definition) is 1. The predicted octanol–water partition coefficient (Wildman–Crippen LogP) is 3.07. The van der Waals surface area contributed by atoms with Crippen LogP contribution in [0.5, 0.6) is 0 Å². The summed E-state index contributed by atoms with van der Waals surface area (Å²) in [6, 6.07) is 0. The Kier molecular flexibility index (Phi) is 9.35. The average Bonchev–Trinajstić information content (AvgIpc) is 2.66. The van der Waals surface area contributed by atoms with Crippen LogP contribution in [-0.2, 0) is 23.7 Å². The van der Waals surface area contributed by atoms with Crippen molar-refractivity contribution >= 4 is 5.97 Å². The summed E-state index contributed by atoms with van der Waals surface area (Å²) in [6.07, 6.45) is -0.831. The van der Waals surface area contributed by atoms with Gasteiger partial charge in [0.1, 0.15) is 6.10 Å². The number of ether oxygens (including phenoxy) is 4. The van der Waals surface area contributed by atoms with E-state index in [0.717, 1.165) is 26.2 Å². The number of piperazine rings is 1. The molecule has 0 amide bonds. The molecule has 2 rings (SSSR count). The highest BCUT2D eigenvalue weighted by Crippen LogP contribution is 2.40. The van der Waals surface area contributed by atoms with Crippen LogP contribution in [0.4, 0.5) is 0 Å². The van der Waals surface area contributed by atoms with E-state index < -0.39 is 12.4 Å². The Labute approximate surface area is 189 Å². The smallest absolute Gasteiger partial charge is 0.320 e. The molecule has 7 heteroatoms. The first-order valence-electron chi connectivity index (χ1n) is 11.8. The molecule has 31 heavy (non-hydrogen) atoms. The molecule has 0 spiro atoms. The second-order valence-electron chi connectivity index (χ2n) is 11.3. The zero-order valence-corrected chi connectivity index (χ0v) is 21.2. The van der Waals surface area contributed by atoms with E-state index in [2.05, 4.69) is 58.7 Å². The Morgan fingerprint density at radius 2 is 1.74 bits per heavy atom. The number of methoxy groups -OCH3 is 1. The van der Waals surface area contributed by atoms with Gasteiger partial charge in [0.2, 0.25) is 0 Å². The Bertz CT molecular complexity index is 565. The molecule has 0 aliphatic carbocycles. The van der Waals surface area contributed by atoms with E-state index in [1.165, 1.54) is 0 Å². The van der Waals surface area contributed by atoms with E-state index >= 15 is 0 Å². The summed E-state index contributed by atoms with van der Waals surface area (Å²) in [6.45, 7) is 21.4. The van der Waals surface area contributed by atoms with Gasteiger partial charge >= 0.3 is 5.97 Å². The molecule has 2 heterocycles. The number of hydrogen-bond acceptors (Lipinski definition) is 7. The van der Waals surface area contributed by atoms with Crippen molar-refractivity contribution in [2.45, 2.75) is 92.5 Å². The number of carbonyl (C=O) groups excluding carboxylic acids is 1. The van der Waals surface area contributed by atoms with E-state index in [9.17, 15) is 4.79 Å². The molecule has 2 aliphatic heterocycles. The highest BCUT2D eigenvalue weighted by atomic mass is 16.7. The molecular weight excluding hydrogens is 396 g/mol. The maximum Gasteiger partial charge on any atom is 0.320 e. The third-order valence-electron chi connectivity index (χ3n) is 6.72. The molecule has 2 fully saturated rings. The fourth-order valence-corrected chi connectivity index (χ4v) is 4.42. The molecule has 0 aromatic carbocycles. The lowest BCUT2D eigenvalue weighted by Crippen LogP contribution is -2.54. The highest BCUT2D eigenvalue weighted by molar-refractivity contribution is 5.72. The maximum atomic E-state index is 12.6. The Morgan fingerprint density at radius 3 is 2.26 bits per heavy atom. The fraction of sp³-hybridized carbons (Fsp3) is 0.958. The van der Waals surface area contributed by atoms with Gasteiger partial charge in [-0.25, -0.2) is 0 Å². The van der Waals surface area contributed by atoms with Crippen LogP contribution in [0.1, 0.15) is 61.8 Å². The molecule has 0 aromatic rings. The minimum Gasteiger partial charge on any atom is -0.456 e. The Hall–Kier alpha value is -0.730. The van der Waals surface area contributed by atoms with Crippen molar-refractivity contribution in [3.05, 3.63) is 0 Å². The molecule has 7 nitrogen and oxygen atoms in total. The first-order valence-corrected chi connectivity index (χ1v) is 11.8. The van der Waals surface area contributed by atoms with E-state index in [1.54, 1.807) is 7.11 Å². The lowest BCUT2D eigenvalue weighted by atomic mass is 9.71. The van der Waals surface area contributed by atoms with Crippen LogP contribution in [-0.4, -0.2) is 81.4 Å². The molecule has 1 N–H and O–H groups in total. The second-order valence-corrected chi connectivity index (χ2v) is 11.3. The van der Waals surface area contributed by atoms with Gasteiger partial charge < -0.3 is 24.3 Å². The standard InChI is InChI=1S/C24H46N2O5/c1-16(23(3,4)5)22(24(6,7)8)31-20-14-18(28-9)21(17(2)29-20)30-19(27)15-26-12-10-25-11-13-26/h16-18,20-22,25H,10-15H2,1-9H3/t16-,17?,18?,20?,21?,22+/m1/s1. The van der Waals surface area contributed by atoms with Crippen molar-refractivity contribution in [1.82, 2.24) is 10.2 Å². The van der Waals surface area contributed by atoms with Crippen molar-refractivity contribution in [2.24, 2.45) is 16.7 Å². The van der Waals surface area contributed by atoms with E-state index in [0.29, 0.717) is 18.9 Å². The molecule has 4 unspecified atom stereocenters. The molecule has 182 valence electrons. The zero-order valence-electron chi connectivity index (χ0n) is 21.2. The average molecular weight is 443 g/mol. The van der Waals surface area contributed by atoms with Crippen molar-refractivity contribution in [3.8, 4) is 0 Å². The van der Waals surface area contributed by atoms with Crippen LogP contribution in [0, 0.1) is 16.7 Å². The molecule has 6 atom stereocenters.